The third-order valence-corrected chi connectivity index (χ3v) is 6.26. The summed E-state index contributed by atoms with van der Waals surface area (Å²) in [5, 5.41) is 0.839. The predicted molar refractivity (Wildman–Crippen MR) is 119 cm³/mol. The lowest BCUT2D eigenvalue weighted by Crippen LogP contribution is -2.21. The summed E-state index contributed by atoms with van der Waals surface area (Å²) in [5.74, 6) is 2.26. The number of halogens is 2. The van der Waals surface area contributed by atoms with Gasteiger partial charge in [-0.25, -0.2) is 0 Å². The van der Waals surface area contributed by atoms with E-state index in [-0.39, 0.29) is 12.5 Å². The summed E-state index contributed by atoms with van der Waals surface area (Å²) in [6.07, 6.45) is 5.51. The number of rotatable bonds is 5. The SMILES string of the molecule is C#CCn1c(=NC(=O)c2ccc(N(CC)CC)cc2)sc2ccc(Cl)c(Cl)c21. The molecule has 4 nitrogen and oxygen atoms in total. The zero-order valence-corrected chi connectivity index (χ0v) is 17.9. The molecule has 0 aliphatic heterocycles. The molecule has 0 spiro atoms. The van der Waals surface area contributed by atoms with E-state index in [1.54, 1.807) is 22.8 Å². The van der Waals surface area contributed by atoms with E-state index >= 15 is 0 Å². The van der Waals surface area contributed by atoms with Crippen LogP contribution >= 0.6 is 34.5 Å². The molecule has 0 fully saturated rings. The second-order valence-corrected chi connectivity index (χ2v) is 7.81. The van der Waals surface area contributed by atoms with Crippen molar-refractivity contribution in [3.8, 4) is 12.3 Å². The summed E-state index contributed by atoms with van der Waals surface area (Å²) >= 11 is 13.9. The van der Waals surface area contributed by atoms with Gasteiger partial charge in [0, 0.05) is 24.3 Å². The molecule has 28 heavy (non-hydrogen) atoms. The van der Waals surface area contributed by atoms with E-state index < -0.39 is 0 Å². The van der Waals surface area contributed by atoms with Crippen LogP contribution in [-0.4, -0.2) is 23.6 Å². The first-order chi connectivity index (χ1) is 13.5. The molecule has 3 aromatic rings. The van der Waals surface area contributed by atoms with Gasteiger partial charge in [0.2, 0.25) is 0 Å². The van der Waals surface area contributed by atoms with Gasteiger partial charge in [0.1, 0.15) is 0 Å². The molecule has 0 N–H and O–H groups in total. The molecule has 1 amide bonds. The Kier molecular flexibility index (Phi) is 6.46. The number of anilines is 1. The summed E-state index contributed by atoms with van der Waals surface area (Å²) in [5.41, 5.74) is 2.29. The first-order valence-electron chi connectivity index (χ1n) is 8.85. The Bertz CT molecular complexity index is 1120. The molecule has 0 unspecified atom stereocenters. The number of hydrogen-bond donors (Lipinski definition) is 0. The van der Waals surface area contributed by atoms with Crippen molar-refractivity contribution in [2.45, 2.75) is 20.4 Å². The van der Waals surface area contributed by atoms with E-state index in [2.05, 4.69) is 29.7 Å². The number of terminal acetylenes is 1. The average molecular weight is 432 g/mol. The van der Waals surface area contributed by atoms with Crippen LogP contribution in [0.2, 0.25) is 10.0 Å². The fourth-order valence-corrected chi connectivity index (χ4v) is 4.49. The van der Waals surface area contributed by atoms with E-state index in [4.69, 9.17) is 29.6 Å². The maximum Gasteiger partial charge on any atom is 0.279 e. The molecule has 1 aromatic heterocycles. The molecule has 144 valence electrons. The lowest BCUT2D eigenvalue weighted by Gasteiger charge is -2.20. The van der Waals surface area contributed by atoms with Crippen molar-refractivity contribution in [3.05, 3.63) is 56.8 Å². The summed E-state index contributed by atoms with van der Waals surface area (Å²) < 4.78 is 2.62. The van der Waals surface area contributed by atoms with E-state index in [1.807, 2.05) is 18.2 Å². The van der Waals surface area contributed by atoms with Gasteiger partial charge in [-0.05, 0) is 50.2 Å². The Labute approximate surface area is 178 Å². The number of carbonyl (C=O) groups excluding carboxylic acids is 1. The minimum atomic E-state index is -0.328. The minimum absolute atomic E-state index is 0.243. The van der Waals surface area contributed by atoms with Crippen molar-refractivity contribution in [1.29, 1.82) is 0 Å². The zero-order valence-electron chi connectivity index (χ0n) is 15.6. The van der Waals surface area contributed by atoms with Crippen LogP contribution in [0.1, 0.15) is 24.2 Å². The Morgan fingerprint density at radius 2 is 1.86 bits per heavy atom. The summed E-state index contributed by atoms with van der Waals surface area (Å²) in [6, 6.07) is 11.0. The molecular formula is C21H19Cl2N3OS. The Hall–Kier alpha value is -2.26. The third kappa shape index (κ3) is 3.95. The molecule has 0 bridgehead atoms. The molecule has 0 radical (unpaired) electrons. The van der Waals surface area contributed by atoms with E-state index in [0.29, 0.717) is 25.9 Å². The van der Waals surface area contributed by atoms with Gasteiger partial charge < -0.3 is 9.47 Å². The highest BCUT2D eigenvalue weighted by Gasteiger charge is 2.14. The van der Waals surface area contributed by atoms with E-state index in [9.17, 15) is 4.79 Å². The van der Waals surface area contributed by atoms with E-state index in [0.717, 1.165) is 23.5 Å². The number of fused-ring (bicyclic) bond motifs is 1. The first kappa shape index (κ1) is 20.5. The third-order valence-electron chi connectivity index (χ3n) is 4.42. The topological polar surface area (TPSA) is 37.6 Å². The lowest BCUT2D eigenvalue weighted by atomic mass is 10.2. The highest BCUT2D eigenvalue weighted by Crippen LogP contribution is 2.32. The number of nitrogens with zero attached hydrogens (tertiary/aromatic N) is 3. The van der Waals surface area contributed by atoms with Gasteiger partial charge in [-0.3, -0.25) is 4.79 Å². The van der Waals surface area contributed by atoms with Crippen molar-refractivity contribution in [2.75, 3.05) is 18.0 Å². The second-order valence-electron chi connectivity index (χ2n) is 6.02. The molecule has 2 aromatic carbocycles. The van der Waals surface area contributed by atoms with E-state index in [1.165, 1.54) is 11.3 Å². The number of thiazole rings is 1. The van der Waals surface area contributed by atoms with Gasteiger partial charge in [-0.15, -0.1) is 6.42 Å². The molecule has 0 aliphatic rings. The summed E-state index contributed by atoms with van der Waals surface area (Å²) in [7, 11) is 0. The van der Waals surface area contributed by atoms with Crippen LogP contribution in [0.3, 0.4) is 0 Å². The number of benzene rings is 2. The smallest absolute Gasteiger partial charge is 0.279 e. The van der Waals surface area contributed by atoms with Gasteiger partial charge in [0.05, 0.1) is 26.8 Å². The highest BCUT2D eigenvalue weighted by molar-refractivity contribution is 7.16. The van der Waals surface area contributed by atoms with Gasteiger partial charge in [0.15, 0.2) is 4.80 Å². The van der Waals surface area contributed by atoms with Crippen LogP contribution in [-0.2, 0) is 6.54 Å². The van der Waals surface area contributed by atoms with Gasteiger partial charge in [-0.1, -0.05) is 40.5 Å². The van der Waals surface area contributed by atoms with Crippen LogP contribution in [0, 0.1) is 12.3 Å². The van der Waals surface area contributed by atoms with Gasteiger partial charge in [0.25, 0.3) is 5.91 Å². The molecule has 7 heteroatoms. The second kappa shape index (κ2) is 8.83. The van der Waals surface area contributed by atoms with Gasteiger partial charge in [-0.2, -0.15) is 4.99 Å². The highest BCUT2D eigenvalue weighted by atomic mass is 35.5. The standard InChI is InChI=1S/C21H19Cl2N3OS/c1-4-13-26-19-17(12-11-16(22)18(19)23)28-21(26)24-20(27)14-7-9-15(10-8-14)25(5-2)6-3/h1,7-12H,5-6,13H2,2-3H3. The predicted octanol–water partition coefficient (Wildman–Crippen LogP) is 5.23. The number of hydrogen-bond acceptors (Lipinski definition) is 3. The molecule has 0 atom stereocenters. The van der Waals surface area contributed by atoms with Crippen LogP contribution in [0.15, 0.2) is 41.4 Å². The van der Waals surface area contributed by atoms with Crippen LogP contribution < -0.4 is 9.70 Å². The van der Waals surface area contributed by atoms with Crippen LogP contribution in [0.4, 0.5) is 5.69 Å². The first-order valence-corrected chi connectivity index (χ1v) is 10.4. The van der Waals surface area contributed by atoms with Crippen molar-refractivity contribution in [2.24, 2.45) is 4.99 Å². The lowest BCUT2D eigenvalue weighted by molar-refractivity contribution is 0.0998. The number of amides is 1. The fraction of sp³-hybridized carbons (Fsp3) is 0.238. The molecule has 0 aliphatic carbocycles. The van der Waals surface area contributed by atoms with Crippen molar-refractivity contribution in [1.82, 2.24) is 4.57 Å². The maximum absolute atomic E-state index is 12.7. The van der Waals surface area contributed by atoms with Crippen LogP contribution in [0.25, 0.3) is 10.2 Å². The van der Waals surface area contributed by atoms with Crippen LogP contribution in [0.5, 0.6) is 0 Å². The Morgan fingerprint density at radius 3 is 2.46 bits per heavy atom. The quantitative estimate of drug-likeness (QED) is 0.518. The molecule has 1 heterocycles. The molecular weight excluding hydrogens is 413 g/mol. The van der Waals surface area contributed by atoms with Gasteiger partial charge >= 0.3 is 0 Å². The van der Waals surface area contributed by atoms with Crippen molar-refractivity contribution >= 4 is 56.3 Å². The Balaban J connectivity index is 2.04. The Morgan fingerprint density at radius 1 is 1.18 bits per heavy atom. The minimum Gasteiger partial charge on any atom is -0.372 e. The largest absolute Gasteiger partial charge is 0.372 e. The van der Waals surface area contributed by atoms with Crippen molar-refractivity contribution < 1.29 is 4.79 Å². The number of carbonyl (C=O) groups is 1. The fourth-order valence-electron chi connectivity index (χ4n) is 2.98. The average Bonchev–Trinajstić information content (AvgIpc) is 3.04. The molecule has 0 saturated carbocycles. The molecule has 0 saturated heterocycles. The number of aromatic nitrogens is 1. The summed E-state index contributed by atoms with van der Waals surface area (Å²) in [4.78, 5) is 19.7. The molecule has 3 rings (SSSR count). The monoisotopic (exact) mass is 431 g/mol. The summed E-state index contributed by atoms with van der Waals surface area (Å²) in [6.45, 7) is 6.26. The normalized spacial score (nSPS) is 11.6. The maximum atomic E-state index is 12.7. The van der Waals surface area contributed by atoms with Crippen molar-refractivity contribution in [3.63, 3.8) is 0 Å². The zero-order chi connectivity index (χ0) is 20.3.